The average molecular weight is 214 g/mol. The Balaban J connectivity index is 2.33. The average Bonchev–Trinajstić information content (AvgIpc) is 2.23. The fraction of sp³-hybridized carbons (Fsp3) is 0.455. The highest BCUT2D eigenvalue weighted by molar-refractivity contribution is 5.18. The van der Waals surface area contributed by atoms with E-state index in [1.807, 2.05) is 0 Å². The molecule has 0 bridgehead atoms. The summed E-state index contributed by atoms with van der Waals surface area (Å²) < 4.78 is 25.9. The first-order chi connectivity index (χ1) is 7.24. The van der Waals surface area contributed by atoms with E-state index in [4.69, 9.17) is 5.73 Å². The lowest BCUT2D eigenvalue weighted by atomic mass is 10.2. The van der Waals surface area contributed by atoms with Gasteiger partial charge < -0.3 is 11.1 Å². The van der Waals surface area contributed by atoms with E-state index >= 15 is 0 Å². The second-order valence-electron chi connectivity index (χ2n) is 3.41. The second-order valence-corrected chi connectivity index (χ2v) is 3.41. The Kier molecular flexibility index (Phi) is 5.21. The molecule has 0 heterocycles. The monoisotopic (exact) mass is 214 g/mol. The lowest BCUT2D eigenvalue weighted by Crippen LogP contribution is -2.16. The zero-order chi connectivity index (χ0) is 11.1. The van der Waals surface area contributed by atoms with Crippen molar-refractivity contribution in [3.8, 4) is 0 Å². The van der Waals surface area contributed by atoms with E-state index in [0.717, 1.165) is 31.5 Å². The minimum Gasteiger partial charge on any atom is -0.330 e. The Morgan fingerprint density at radius 2 is 2.00 bits per heavy atom. The third-order valence-electron chi connectivity index (χ3n) is 2.13. The quantitative estimate of drug-likeness (QED) is 0.708. The van der Waals surface area contributed by atoms with Crippen molar-refractivity contribution in [3.05, 3.63) is 35.4 Å². The summed E-state index contributed by atoms with van der Waals surface area (Å²) in [6.07, 6.45) is 1.89. The van der Waals surface area contributed by atoms with Crippen LogP contribution in [0.15, 0.2) is 18.2 Å². The minimum absolute atomic E-state index is 0.355. The van der Waals surface area contributed by atoms with Gasteiger partial charge in [-0.2, -0.15) is 0 Å². The van der Waals surface area contributed by atoms with Gasteiger partial charge in [0.1, 0.15) is 11.6 Å². The molecule has 0 aliphatic rings. The third kappa shape index (κ3) is 4.36. The van der Waals surface area contributed by atoms with Crippen LogP contribution < -0.4 is 11.1 Å². The molecule has 0 aliphatic carbocycles. The highest BCUT2D eigenvalue weighted by Crippen LogP contribution is 2.08. The van der Waals surface area contributed by atoms with Crippen LogP contribution in [0.5, 0.6) is 0 Å². The van der Waals surface area contributed by atoms with Crippen LogP contribution in [0.25, 0.3) is 0 Å². The van der Waals surface area contributed by atoms with Crippen molar-refractivity contribution >= 4 is 0 Å². The number of nitrogens with two attached hydrogens (primary N) is 1. The van der Waals surface area contributed by atoms with Crippen molar-refractivity contribution in [3.63, 3.8) is 0 Å². The van der Waals surface area contributed by atoms with E-state index in [-0.39, 0.29) is 5.82 Å². The maximum Gasteiger partial charge on any atom is 0.127 e. The summed E-state index contributed by atoms with van der Waals surface area (Å²) in [4.78, 5) is 0. The number of nitrogens with one attached hydrogen (secondary N) is 1. The van der Waals surface area contributed by atoms with Crippen molar-refractivity contribution in [1.82, 2.24) is 5.32 Å². The SMILES string of the molecule is NCCCCNCc1cc(F)ccc1F. The van der Waals surface area contributed by atoms with Gasteiger partial charge in [0.05, 0.1) is 0 Å². The Labute approximate surface area is 88.5 Å². The largest absolute Gasteiger partial charge is 0.330 e. The number of rotatable bonds is 6. The summed E-state index contributed by atoms with van der Waals surface area (Å²) in [5.41, 5.74) is 5.69. The molecule has 0 fully saturated rings. The van der Waals surface area contributed by atoms with Gasteiger partial charge in [-0.15, -0.1) is 0 Å². The molecule has 0 spiro atoms. The van der Waals surface area contributed by atoms with Crippen LogP contribution in [0.3, 0.4) is 0 Å². The maximum absolute atomic E-state index is 13.1. The van der Waals surface area contributed by atoms with Crippen LogP contribution in [0.1, 0.15) is 18.4 Å². The van der Waals surface area contributed by atoms with Crippen LogP contribution in [0.4, 0.5) is 8.78 Å². The van der Waals surface area contributed by atoms with Gasteiger partial charge >= 0.3 is 0 Å². The van der Waals surface area contributed by atoms with E-state index in [1.165, 1.54) is 6.07 Å². The molecular formula is C11H16F2N2. The van der Waals surface area contributed by atoms with Crippen molar-refractivity contribution in [1.29, 1.82) is 0 Å². The molecule has 4 heteroatoms. The summed E-state index contributed by atoms with van der Waals surface area (Å²) >= 11 is 0. The predicted molar refractivity (Wildman–Crippen MR) is 56.4 cm³/mol. The smallest absolute Gasteiger partial charge is 0.127 e. The summed E-state index contributed by atoms with van der Waals surface area (Å²) in [5.74, 6) is -0.780. The molecule has 0 radical (unpaired) electrons. The number of halogens is 2. The second kappa shape index (κ2) is 6.48. The summed E-state index contributed by atoms with van der Waals surface area (Å²) in [6, 6.07) is 3.48. The molecule has 0 unspecified atom stereocenters. The van der Waals surface area contributed by atoms with Gasteiger partial charge in [-0.1, -0.05) is 0 Å². The first-order valence-corrected chi connectivity index (χ1v) is 5.08. The maximum atomic E-state index is 13.1. The molecule has 0 saturated heterocycles. The Bertz CT molecular complexity index is 303. The van der Waals surface area contributed by atoms with Gasteiger partial charge in [0.25, 0.3) is 0 Å². The lowest BCUT2D eigenvalue weighted by Gasteiger charge is -2.05. The Morgan fingerprint density at radius 3 is 2.73 bits per heavy atom. The van der Waals surface area contributed by atoms with Gasteiger partial charge in [0.15, 0.2) is 0 Å². The molecule has 0 aromatic heterocycles. The molecule has 3 N–H and O–H groups in total. The van der Waals surface area contributed by atoms with E-state index in [2.05, 4.69) is 5.32 Å². The summed E-state index contributed by atoms with van der Waals surface area (Å²) in [6.45, 7) is 1.79. The van der Waals surface area contributed by atoms with E-state index in [0.29, 0.717) is 18.7 Å². The first kappa shape index (κ1) is 12.1. The van der Waals surface area contributed by atoms with E-state index < -0.39 is 5.82 Å². The summed E-state index contributed by atoms with van der Waals surface area (Å²) in [7, 11) is 0. The fourth-order valence-electron chi connectivity index (χ4n) is 1.30. The first-order valence-electron chi connectivity index (χ1n) is 5.08. The predicted octanol–water partition coefficient (Wildman–Crippen LogP) is 1.79. The van der Waals surface area contributed by atoms with E-state index in [9.17, 15) is 8.78 Å². The van der Waals surface area contributed by atoms with Crippen LogP contribution in [-0.4, -0.2) is 13.1 Å². The molecule has 1 aromatic carbocycles. The molecule has 84 valence electrons. The zero-order valence-corrected chi connectivity index (χ0v) is 8.60. The summed E-state index contributed by atoms with van der Waals surface area (Å²) in [5, 5.41) is 3.04. The molecule has 0 saturated carbocycles. The van der Waals surface area contributed by atoms with Crippen LogP contribution in [0.2, 0.25) is 0 Å². The van der Waals surface area contributed by atoms with Crippen molar-refractivity contribution < 1.29 is 8.78 Å². The normalized spacial score (nSPS) is 10.6. The minimum atomic E-state index is -0.407. The standard InChI is InChI=1S/C11H16F2N2/c12-10-3-4-11(13)9(7-10)8-15-6-2-1-5-14/h3-4,7,15H,1-2,5-6,8,14H2. The molecule has 15 heavy (non-hydrogen) atoms. The van der Waals surface area contributed by atoms with Crippen molar-refractivity contribution in [2.45, 2.75) is 19.4 Å². The number of hydrogen-bond donors (Lipinski definition) is 2. The molecule has 0 atom stereocenters. The van der Waals surface area contributed by atoms with Gasteiger partial charge in [0, 0.05) is 12.1 Å². The molecule has 2 nitrogen and oxygen atoms in total. The van der Waals surface area contributed by atoms with Crippen LogP contribution in [0, 0.1) is 11.6 Å². The Morgan fingerprint density at radius 1 is 1.20 bits per heavy atom. The number of hydrogen-bond acceptors (Lipinski definition) is 2. The van der Waals surface area contributed by atoms with Crippen LogP contribution >= 0.6 is 0 Å². The van der Waals surface area contributed by atoms with Crippen molar-refractivity contribution in [2.75, 3.05) is 13.1 Å². The van der Waals surface area contributed by atoms with Crippen LogP contribution in [-0.2, 0) is 6.54 Å². The molecule has 0 amide bonds. The molecule has 0 aliphatic heterocycles. The van der Waals surface area contributed by atoms with Gasteiger partial charge in [0.2, 0.25) is 0 Å². The highest BCUT2D eigenvalue weighted by atomic mass is 19.1. The van der Waals surface area contributed by atoms with Gasteiger partial charge in [-0.05, 0) is 44.1 Å². The molecule has 1 rings (SSSR count). The number of benzene rings is 1. The zero-order valence-electron chi connectivity index (χ0n) is 8.60. The van der Waals surface area contributed by atoms with Crippen molar-refractivity contribution in [2.24, 2.45) is 5.73 Å². The lowest BCUT2D eigenvalue weighted by molar-refractivity contribution is 0.561. The fourth-order valence-corrected chi connectivity index (χ4v) is 1.30. The van der Waals surface area contributed by atoms with Gasteiger partial charge in [-0.25, -0.2) is 8.78 Å². The molecule has 1 aromatic rings. The Hall–Kier alpha value is -1.00. The molecular weight excluding hydrogens is 198 g/mol. The van der Waals surface area contributed by atoms with Gasteiger partial charge in [-0.3, -0.25) is 0 Å². The topological polar surface area (TPSA) is 38.0 Å². The highest BCUT2D eigenvalue weighted by Gasteiger charge is 2.02. The van der Waals surface area contributed by atoms with E-state index in [1.54, 1.807) is 0 Å². The number of unbranched alkanes of at least 4 members (excludes halogenated alkanes) is 1. The third-order valence-corrected chi connectivity index (χ3v) is 2.13.